The molecule has 26 heavy (non-hydrogen) atoms. The maximum absolute atomic E-state index is 13.5. The summed E-state index contributed by atoms with van der Waals surface area (Å²) in [6, 6.07) is 13.5. The van der Waals surface area contributed by atoms with Gasteiger partial charge in [0, 0.05) is 23.6 Å². The van der Waals surface area contributed by atoms with Gasteiger partial charge in [-0.05, 0) is 48.4 Å². The molecular formula is C20H16ClFN2O2. The molecule has 1 amide bonds. The molecule has 1 heterocycles. The van der Waals surface area contributed by atoms with Crippen molar-refractivity contribution in [1.82, 2.24) is 4.98 Å². The number of hydrogen-bond acceptors (Lipinski definition) is 3. The fourth-order valence-electron chi connectivity index (χ4n) is 2.34. The summed E-state index contributed by atoms with van der Waals surface area (Å²) < 4.78 is 19.0. The number of carbonyl (C=O) groups is 1. The number of anilines is 1. The summed E-state index contributed by atoms with van der Waals surface area (Å²) in [5, 5.41) is 2.97. The molecule has 0 saturated carbocycles. The average Bonchev–Trinajstić information content (AvgIpc) is 2.64. The van der Waals surface area contributed by atoms with Crippen molar-refractivity contribution in [2.45, 2.75) is 6.92 Å². The summed E-state index contributed by atoms with van der Waals surface area (Å²) in [5.41, 5.74) is 2.72. The quantitative estimate of drug-likeness (QED) is 0.697. The lowest BCUT2D eigenvalue weighted by Gasteiger charge is -2.10. The summed E-state index contributed by atoms with van der Waals surface area (Å²) in [7, 11) is 0. The third-order valence-electron chi connectivity index (χ3n) is 3.74. The van der Waals surface area contributed by atoms with Gasteiger partial charge in [0.1, 0.15) is 11.6 Å². The molecule has 1 N–H and O–H groups in total. The number of pyridine rings is 1. The van der Waals surface area contributed by atoms with Crippen LogP contribution in [0, 0.1) is 12.7 Å². The van der Waals surface area contributed by atoms with E-state index in [1.54, 1.807) is 43.6 Å². The van der Waals surface area contributed by atoms with Crippen molar-refractivity contribution in [1.29, 1.82) is 0 Å². The largest absolute Gasteiger partial charge is 0.482 e. The highest BCUT2D eigenvalue weighted by Crippen LogP contribution is 2.30. The first-order valence-corrected chi connectivity index (χ1v) is 8.29. The number of aryl methyl sites for hydroxylation is 1. The molecule has 0 fully saturated rings. The third kappa shape index (κ3) is 4.37. The fraction of sp³-hybridized carbons (Fsp3) is 0.100. The Hall–Kier alpha value is -2.92. The van der Waals surface area contributed by atoms with E-state index in [-0.39, 0.29) is 12.4 Å². The molecule has 2 aromatic carbocycles. The van der Waals surface area contributed by atoms with Crippen molar-refractivity contribution in [2.24, 2.45) is 0 Å². The van der Waals surface area contributed by atoms with E-state index in [4.69, 9.17) is 16.3 Å². The van der Waals surface area contributed by atoms with Gasteiger partial charge in [-0.3, -0.25) is 9.78 Å². The summed E-state index contributed by atoms with van der Waals surface area (Å²) in [4.78, 5) is 16.0. The van der Waals surface area contributed by atoms with Gasteiger partial charge in [0.05, 0.1) is 5.02 Å². The second-order valence-corrected chi connectivity index (χ2v) is 6.09. The van der Waals surface area contributed by atoms with Crippen LogP contribution in [0.15, 0.2) is 60.9 Å². The van der Waals surface area contributed by atoms with Gasteiger partial charge in [-0.15, -0.1) is 0 Å². The molecule has 0 aliphatic rings. The monoisotopic (exact) mass is 370 g/mol. The number of halogens is 2. The molecule has 4 nitrogen and oxygen atoms in total. The van der Waals surface area contributed by atoms with Crippen LogP contribution in [0.3, 0.4) is 0 Å². The number of nitrogens with one attached hydrogen (secondary N) is 1. The molecule has 0 bridgehead atoms. The number of nitrogens with zero attached hydrogens (tertiary/aromatic N) is 1. The van der Waals surface area contributed by atoms with Crippen molar-refractivity contribution in [2.75, 3.05) is 11.9 Å². The molecule has 132 valence electrons. The molecule has 0 unspecified atom stereocenters. The predicted octanol–water partition coefficient (Wildman–Crippen LogP) is 4.87. The molecule has 0 radical (unpaired) electrons. The van der Waals surface area contributed by atoms with Crippen molar-refractivity contribution in [3.05, 3.63) is 77.3 Å². The van der Waals surface area contributed by atoms with Crippen LogP contribution in [0.4, 0.5) is 10.1 Å². The van der Waals surface area contributed by atoms with Crippen LogP contribution in [0.2, 0.25) is 5.02 Å². The Kier molecular flexibility index (Phi) is 5.49. The summed E-state index contributed by atoms with van der Waals surface area (Å²) >= 11 is 6.23. The van der Waals surface area contributed by atoms with Crippen molar-refractivity contribution < 1.29 is 13.9 Å². The minimum atomic E-state index is -0.402. The van der Waals surface area contributed by atoms with Gasteiger partial charge in [-0.1, -0.05) is 29.8 Å². The smallest absolute Gasteiger partial charge is 0.262 e. The highest BCUT2D eigenvalue weighted by Gasteiger charge is 2.09. The van der Waals surface area contributed by atoms with Gasteiger partial charge in [-0.25, -0.2) is 4.39 Å². The molecule has 0 spiro atoms. The Morgan fingerprint density at radius 2 is 2.04 bits per heavy atom. The minimum Gasteiger partial charge on any atom is -0.482 e. The van der Waals surface area contributed by atoms with E-state index in [1.165, 1.54) is 6.07 Å². The van der Waals surface area contributed by atoms with E-state index in [9.17, 15) is 9.18 Å². The van der Waals surface area contributed by atoms with Crippen LogP contribution in [-0.4, -0.2) is 17.5 Å². The summed E-state index contributed by atoms with van der Waals surface area (Å²) in [6.07, 6.45) is 3.43. The highest BCUT2D eigenvalue weighted by atomic mass is 35.5. The lowest BCUT2D eigenvalue weighted by atomic mass is 10.1. The van der Waals surface area contributed by atoms with Crippen LogP contribution in [0.25, 0.3) is 11.1 Å². The van der Waals surface area contributed by atoms with Crippen molar-refractivity contribution in [3.8, 4) is 16.9 Å². The van der Waals surface area contributed by atoms with Crippen LogP contribution in [0.1, 0.15) is 5.56 Å². The number of rotatable bonds is 5. The number of carbonyl (C=O) groups excluding carboxylic acids is 1. The number of amides is 1. The predicted molar refractivity (Wildman–Crippen MR) is 99.9 cm³/mol. The normalized spacial score (nSPS) is 10.4. The van der Waals surface area contributed by atoms with Gasteiger partial charge in [0.25, 0.3) is 5.91 Å². The first kappa shape index (κ1) is 17.9. The summed E-state index contributed by atoms with van der Waals surface area (Å²) in [6.45, 7) is 1.42. The zero-order valence-electron chi connectivity index (χ0n) is 14.0. The first-order chi connectivity index (χ1) is 12.5. The molecule has 3 rings (SSSR count). The average molecular weight is 371 g/mol. The minimum absolute atomic E-state index is 0.235. The van der Waals surface area contributed by atoms with Crippen LogP contribution in [-0.2, 0) is 4.79 Å². The first-order valence-electron chi connectivity index (χ1n) is 7.91. The topological polar surface area (TPSA) is 51.2 Å². The van der Waals surface area contributed by atoms with Gasteiger partial charge >= 0.3 is 0 Å². The summed E-state index contributed by atoms with van der Waals surface area (Å²) in [5.74, 6) is -0.386. The zero-order valence-corrected chi connectivity index (χ0v) is 14.8. The second-order valence-electron chi connectivity index (χ2n) is 5.69. The van der Waals surface area contributed by atoms with Crippen LogP contribution >= 0.6 is 11.6 Å². The standard InChI is InChI=1S/C20H16ClFN2O2/c1-13-4-6-16(10-18(13)22)24-20(25)12-26-19-7-5-14(9-17(19)21)15-3-2-8-23-11-15/h2-11H,12H2,1H3,(H,24,25). The van der Waals surface area contributed by atoms with E-state index in [0.717, 1.165) is 11.1 Å². The molecular weight excluding hydrogens is 355 g/mol. The van der Waals surface area contributed by atoms with E-state index >= 15 is 0 Å². The van der Waals surface area contributed by atoms with Crippen LogP contribution in [0.5, 0.6) is 5.75 Å². The van der Waals surface area contributed by atoms with Crippen molar-refractivity contribution in [3.63, 3.8) is 0 Å². The molecule has 6 heteroatoms. The number of benzene rings is 2. The van der Waals surface area contributed by atoms with E-state index < -0.39 is 5.91 Å². The number of ether oxygens (including phenoxy) is 1. The Morgan fingerprint density at radius 1 is 1.19 bits per heavy atom. The lowest BCUT2D eigenvalue weighted by molar-refractivity contribution is -0.118. The number of aromatic nitrogens is 1. The fourth-order valence-corrected chi connectivity index (χ4v) is 2.58. The van der Waals surface area contributed by atoms with E-state index in [0.29, 0.717) is 22.0 Å². The Bertz CT molecular complexity index is 932. The van der Waals surface area contributed by atoms with Crippen LogP contribution < -0.4 is 10.1 Å². The lowest BCUT2D eigenvalue weighted by Crippen LogP contribution is -2.20. The zero-order chi connectivity index (χ0) is 18.5. The van der Waals surface area contributed by atoms with E-state index in [1.807, 2.05) is 18.2 Å². The Morgan fingerprint density at radius 3 is 2.73 bits per heavy atom. The third-order valence-corrected chi connectivity index (χ3v) is 4.04. The number of hydrogen-bond donors (Lipinski definition) is 1. The molecule has 0 aliphatic heterocycles. The van der Waals surface area contributed by atoms with Gasteiger partial charge in [0.2, 0.25) is 0 Å². The molecule has 0 saturated heterocycles. The van der Waals surface area contributed by atoms with Crippen molar-refractivity contribution >= 4 is 23.2 Å². The maximum Gasteiger partial charge on any atom is 0.262 e. The molecule has 1 aromatic heterocycles. The van der Waals surface area contributed by atoms with Gasteiger partial charge < -0.3 is 10.1 Å². The molecule has 3 aromatic rings. The second kappa shape index (κ2) is 7.97. The van der Waals surface area contributed by atoms with Gasteiger partial charge in [0.15, 0.2) is 6.61 Å². The molecule has 0 aliphatic carbocycles. The maximum atomic E-state index is 13.5. The Balaban J connectivity index is 1.62. The SMILES string of the molecule is Cc1ccc(NC(=O)COc2ccc(-c3cccnc3)cc2Cl)cc1F. The highest BCUT2D eigenvalue weighted by molar-refractivity contribution is 6.32. The molecule has 0 atom stereocenters. The Labute approximate surface area is 155 Å². The van der Waals surface area contributed by atoms with E-state index in [2.05, 4.69) is 10.3 Å². The van der Waals surface area contributed by atoms with Gasteiger partial charge in [-0.2, -0.15) is 0 Å².